The lowest BCUT2D eigenvalue weighted by molar-refractivity contribution is 0.00753. The van der Waals surface area contributed by atoms with Crippen LogP contribution in [0.5, 0.6) is 0 Å². The van der Waals surface area contributed by atoms with Gasteiger partial charge in [0.1, 0.15) is 10.5 Å². The summed E-state index contributed by atoms with van der Waals surface area (Å²) >= 11 is 1.47. The van der Waals surface area contributed by atoms with Crippen LogP contribution in [-0.4, -0.2) is 11.6 Å². The van der Waals surface area contributed by atoms with E-state index in [1.54, 1.807) is 0 Å². The van der Waals surface area contributed by atoms with E-state index in [4.69, 9.17) is 4.74 Å². The van der Waals surface area contributed by atoms with E-state index in [-0.39, 0.29) is 5.97 Å². The number of thiophene rings is 1. The van der Waals surface area contributed by atoms with Crippen LogP contribution >= 0.6 is 11.3 Å². The monoisotopic (exact) mass is 234 g/mol. The number of rotatable bonds is 1. The fourth-order valence-electron chi connectivity index (χ4n) is 1.41. The summed E-state index contributed by atoms with van der Waals surface area (Å²) in [6.45, 7) is 5.62. The predicted molar refractivity (Wildman–Crippen MR) is 67.0 cm³/mol. The quantitative estimate of drug-likeness (QED) is 0.700. The van der Waals surface area contributed by atoms with Gasteiger partial charge in [0, 0.05) is 4.70 Å². The number of carbonyl (C=O) groups excluding carboxylic acids is 1. The molecule has 0 unspecified atom stereocenters. The van der Waals surface area contributed by atoms with Crippen molar-refractivity contribution in [3.05, 3.63) is 35.2 Å². The maximum absolute atomic E-state index is 11.8. The lowest BCUT2D eigenvalue weighted by Gasteiger charge is -2.18. The molecule has 0 N–H and O–H groups in total. The molecule has 84 valence electrons. The van der Waals surface area contributed by atoms with Crippen LogP contribution in [0.2, 0.25) is 0 Å². The minimum atomic E-state index is -0.437. The first-order valence-corrected chi connectivity index (χ1v) is 5.99. The SMILES string of the molecule is CC(C)(C)OC(=O)c1cc2ccccc2s1. The minimum Gasteiger partial charge on any atom is -0.456 e. The molecule has 1 aromatic heterocycles. The van der Waals surface area contributed by atoms with E-state index >= 15 is 0 Å². The molecule has 2 nitrogen and oxygen atoms in total. The van der Waals surface area contributed by atoms with Crippen molar-refractivity contribution >= 4 is 27.4 Å². The standard InChI is InChI=1S/C13H14O2S/c1-13(2,3)15-12(14)11-8-9-6-4-5-7-10(9)16-11/h4-8H,1-3H3. The highest BCUT2D eigenvalue weighted by Gasteiger charge is 2.19. The first-order chi connectivity index (χ1) is 7.46. The Hall–Kier alpha value is -1.35. The molecule has 0 amide bonds. The summed E-state index contributed by atoms with van der Waals surface area (Å²) in [4.78, 5) is 12.5. The maximum Gasteiger partial charge on any atom is 0.348 e. The fraction of sp³-hybridized carbons (Fsp3) is 0.308. The smallest absolute Gasteiger partial charge is 0.348 e. The lowest BCUT2D eigenvalue weighted by atomic mass is 10.2. The van der Waals surface area contributed by atoms with Crippen molar-refractivity contribution in [1.82, 2.24) is 0 Å². The molecular weight excluding hydrogens is 220 g/mol. The van der Waals surface area contributed by atoms with Gasteiger partial charge < -0.3 is 4.74 Å². The first-order valence-electron chi connectivity index (χ1n) is 5.18. The molecule has 0 saturated carbocycles. The van der Waals surface area contributed by atoms with Crippen LogP contribution in [0.3, 0.4) is 0 Å². The second kappa shape index (κ2) is 3.91. The summed E-state index contributed by atoms with van der Waals surface area (Å²) in [7, 11) is 0. The fourth-order valence-corrected chi connectivity index (χ4v) is 2.35. The number of fused-ring (bicyclic) bond motifs is 1. The van der Waals surface area contributed by atoms with Crippen LogP contribution in [0.1, 0.15) is 30.4 Å². The van der Waals surface area contributed by atoms with E-state index in [9.17, 15) is 4.79 Å². The number of esters is 1. The predicted octanol–water partition coefficient (Wildman–Crippen LogP) is 3.86. The van der Waals surface area contributed by atoms with Crippen molar-refractivity contribution in [2.75, 3.05) is 0 Å². The highest BCUT2D eigenvalue weighted by Crippen LogP contribution is 2.26. The van der Waals surface area contributed by atoms with Crippen molar-refractivity contribution in [3.8, 4) is 0 Å². The Morgan fingerprint density at radius 1 is 1.25 bits per heavy atom. The van der Waals surface area contributed by atoms with Gasteiger partial charge in [0.15, 0.2) is 0 Å². The zero-order valence-electron chi connectivity index (χ0n) is 9.61. The molecule has 2 aromatic rings. The molecule has 0 atom stereocenters. The van der Waals surface area contributed by atoms with Crippen LogP contribution in [-0.2, 0) is 4.74 Å². The molecule has 0 spiro atoms. The van der Waals surface area contributed by atoms with Gasteiger partial charge in [0.25, 0.3) is 0 Å². The second-order valence-corrected chi connectivity index (χ2v) is 5.73. The lowest BCUT2D eigenvalue weighted by Crippen LogP contribution is -2.23. The van der Waals surface area contributed by atoms with Crippen molar-refractivity contribution in [3.63, 3.8) is 0 Å². The highest BCUT2D eigenvalue weighted by molar-refractivity contribution is 7.20. The molecular formula is C13H14O2S. The summed E-state index contributed by atoms with van der Waals surface area (Å²) in [5.41, 5.74) is -0.437. The average Bonchev–Trinajstić information content (AvgIpc) is 2.58. The zero-order valence-corrected chi connectivity index (χ0v) is 10.4. The van der Waals surface area contributed by atoms with E-state index in [2.05, 4.69) is 0 Å². The molecule has 0 aliphatic carbocycles. The summed E-state index contributed by atoms with van der Waals surface area (Å²) in [5.74, 6) is -0.242. The van der Waals surface area contributed by atoms with E-state index < -0.39 is 5.60 Å². The van der Waals surface area contributed by atoms with Crippen LogP contribution < -0.4 is 0 Å². The first kappa shape index (κ1) is 11.1. The molecule has 0 radical (unpaired) electrons. The van der Waals surface area contributed by atoms with Gasteiger partial charge in [-0.2, -0.15) is 0 Å². The van der Waals surface area contributed by atoms with Crippen molar-refractivity contribution in [1.29, 1.82) is 0 Å². The van der Waals surface area contributed by atoms with Crippen LogP contribution in [0, 0.1) is 0 Å². The van der Waals surface area contributed by atoms with Gasteiger partial charge in [-0.3, -0.25) is 0 Å². The number of benzene rings is 1. The number of carbonyl (C=O) groups is 1. The maximum atomic E-state index is 11.8. The van der Waals surface area contributed by atoms with Gasteiger partial charge in [0.2, 0.25) is 0 Å². The van der Waals surface area contributed by atoms with Crippen LogP contribution in [0.15, 0.2) is 30.3 Å². The molecule has 0 fully saturated rings. The Balaban J connectivity index is 2.30. The van der Waals surface area contributed by atoms with Gasteiger partial charge in [-0.15, -0.1) is 11.3 Å². The summed E-state index contributed by atoms with van der Waals surface area (Å²) < 4.78 is 6.44. The molecule has 3 heteroatoms. The molecule has 2 rings (SSSR count). The molecule has 1 heterocycles. The van der Waals surface area contributed by atoms with E-state index in [1.807, 2.05) is 51.1 Å². The van der Waals surface area contributed by atoms with Gasteiger partial charge >= 0.3 is 5.97 Å². The highest BCUT2D eigenvalue weighted by atomic mass is 32.1. The number of hydrogen-bond donors (Lipinski definition) is 0. The van der Waals surface area contributed by atoms with Crippen molar-refractivity contribution in [2.24, 2.45) is 0 Å². The molecule has 0 saturated heterocycles. The minimum absolute atomic E-state index is 0.242. The third-order valence-corrected chi connectivity index (χ3v) is 3.12. The zero-order chi connectivity index (χ0) is 11.8. The Labute approximate surface area is 98.9 Å². The largest absolute Gasteiger partial charge is 0.456 e. The Morgan fingerprint density at radius 2 is 1.94 bits per heavy atom. The van der Waals surface area contributed by atoms with E-state index in [0.29, 0.717) is 4.88 Å². The second-order valence-electron chi connectivity index (χ2n) is 4.65. The summed E-state index contributed by atoms with van der Waals surface area (Å²) in [6, 6.07) is 9.83. The van der Waals surface area contributed by atoms with Gasteiger partial charge in [-0.25, -0.2) is 4.79 Å². The van der Waals surface area contributed by atoms with Crippen molar-refractivity contribution < 1.29 is 9.53 Å². The Morgan fingerprint density at radius 3 is 2.56 bits per heavy atom. The number of hydrogen-bond acceptors (Lipinski definition) is 3. The van der Waals surface area contributed by atoms with Gasteiger partial charge in [-0.1, -0.05) is 18.2 Å². The topological polar surface area (TPSA) is 26.3 Å². The number of ether oxygens (including phenoxy) is 1. The molecule has 0 aliphatic rings. The van der Waals surface area contributed by atoms with E-state index in [1.165, 1.54) is 11.3 Å². The van der Waals surface area contributed by atoms with Gasteiger partial charge in [0.05, 0.1) is 0 Å². The molecule has 1 aromatic carbocycles. The summed E-state index contributed by atoms with van der Waals surface area (Å²) in [6.07, 6.45) is 0. The molecule has 0 aliphatic heterocycles. The van der Waals surface area contributed by atoms with E-state index in [0.717, 1.165) is 10.1 Å². The van der Waals surface area contributed by atoms with Crippen LogP contribution in [0.4, 0.5) is 0 Å². The Bertz CT molecular complexity index is 487. The molecule has 0 bridgehead atoms. The normalized spacial score (nSPS) is 11.7. The van der Waals surface area contributed by atoms with Gasteiger partial charge in [-0.05, 0) is 38.3 Å². The van der Waals surface area contributed by atoms with Crippen molar-refractivity contribution in [2.45, 2.75) is 26.4 Å². The summed E-state index contributed by atoms with van der Waals surface area (Å²) in [5, 5.41) is 1.09. The third-order valence-electron chi connectivity index (χ3n) is 2.03. The average molecular weight is 234 g/mol. The Kier molecular flexibility index (Phi) is 2.72. The molecule has 16 heavy (non-hydrogen) atoms. The van der Waals surface area contributed by atoms with Crippen LogP contribution in [0.25, 0.3) is 10.1 Å². The third kappa shape index (κ3) is 2.42.